The molecule has 102 valence electrons. The molecule has 18 heavy (non-hydrogen) atoms. The lowest BCUT2D eigenvalue weighted by molar-refractivity contribution is -0.384. The molecule has 1 atom stereocenters. The Balaban J connectivity index is 2.97. The summed E-state index contributed by atoms with van der Waals surface area (Å²) >= 11 is 1.62. The maximum Gasteiger partial charge on any atom is 0.333 e. The van der Waals surface area contributed by atoms with Gasteiger partial charge in [0.25, 0.3) is 0 Å². The van der Waals surface area contributed by atoms with Gasteiger partial charge in [-0.3, -0.25) is 10.1 Å². The standard InChI is InChI=1S/C10H18N4O3S/c1-7-9(14(16)17)10(13(2)12-7)11-8(4-5-15)6-18-3/h8,11,15H,4-6H2,1-3H3/t8-/m1/s1. The number of aliphatic hydroxyl groups excluding tert-OH is 1. The Morgan fingerprint density at radius 2 is 2.33 bits per heavy atom. The number of thioether (sulfide) groups is 1. The summed E-state index contributed by atoms with van der Waals surface area (Å²) in [5.41, 5.74) is 0.387. The fourth-order valence-corrected chi connectivity index (χ4v) is 2.43. The Bertz CT molecular complexity index is 416. The van der Waals surface area contributed by atoms with Gasteiger partial charge in [0.05, 0.1) is 4.92 Å². The lowest BCUT2D eigenvalue weighted by Gasteiger charge is -2.17. The fourth-order valence-electron chi connectivity index (χ4n) is 1.77. The average molecular weight is 274 g/mol. The Labute approximate surface area is 110 Å². The van der Waals surface area contributed by atoms with E-state index in [1.165, 1.54) is 4.68 Å². The van der Waals surface area contributed by atoms with Crippen LogP contribution in [0.1, 0.15) is 12.1 Å². The Morgan fingerprint density at radius 1 is 1.67 bits per heavy atom. The fraction of sp³-hybridized carbons (Fsp3) is 0.700. The van der Waals surface area contributed by atoms with Crippen LogP contribution in [0.4, 0.5) is 11.5 Å². The summed E-state index contributed by atoms with van der Waals surface area (Å²) < 4.78 is 1.47. The molecule has 2 N–H and O–H groups in total. The van der Waals surface area contributed by atoms with Gasteiger partial charge in [0.15, 0.2) is 0 Å². The molecule has 0 aromatic carbocycles. The van der Waals surface area contributed by atoms with E-state index >= 15 is 0 Å². The van der Waals surface area contributed by atoms with E-state index in [9.17, 15) is 10.1 Å². The van der Waals surface area contributed by atoms with E-state index < -0.39 is 4.92 Å². The molecule has 0 saturated heterocycles. The highest BCUT2D eigenvalue weighted by Gasteiger charge is 2.25. The summed E-state index contributed by atoms with van der Waals surface area (Å²) in [6.45, 7) is 1.65. The number of aryl methyl sites for hydroxylation is 2. The van der Waals surface area contributed by atoms with Gasteiger partial charge >= 0.3 is 5.69 Å². The van der Waals surface area contributed by atoms with E-state index in [-0.39, 0.29) is 18.3 Å². The van der Waals surface area contributed by atoms with Crippen LogP contribution in [-0.4, -0.2) is 44.5 Å². The van der Waals surface area contributed by atoms with Gasteiger partial charge in [0, 0.05) is 25.4 Å². The summed E-state index contributed by atoms with van der Waals surface area (Å²) in [5, 5.41) is 27.1. The van der Waals surface area contributed by atoms with Crippen molar-refractivity contribution in [1.82, 2.24) is 9.78 Å². The summed E-state index contributed by atoms with van der Waals surface area (Å²) in [4.78, 5) is 10.6. The van der Waals surface area contributed by atoms with Gasteiger partial charge in [-0.2, -0.15) is 16.9 Å². The van der Waals surface area contributed by atoms with Crippen LogP contribution >= 0.6 is 11.8 Å². The minimum absolute atomic E-state index is 0.00143. The van der Waals surface area contributed by atoms with E-state index in [0.717, 1.165) is 5.75 Å². The molecular weight excluding hydrogens is 256 g/mol. The highest BCUT2D eigenvalue weighted by Crippen LogP contribution is 2.28. The number of rotatable bonds is 7. The van der Waals surface area contributed by atoms with Gasteiger partial charge in [-0.05, 0) is 19.6 Å². The van der Waals surface area contributed by atoms with Gasteiger partial charge in [-0.25, -0.2) is 4.68 Å². The summed E-state index contributed by atoms with van der Waals surface area (Å²) in [6, 6.07) is -0.0153. The van der Waals surface area contributed by atoms with Crippen LogP contribution in [0.2, 0.25) is 0 Å². The van der Waals surface area contributed by atoms with Crippen molar-refractivity contribution in [2.45, 2.75) is 19.4 Å². The van der Waals surface area contributed by atoms with Crippen LogP contribution in [-0.2, 0) is 7.05 Å². The van der Waals surface area contributed by atoms with Crippen molar-refractivity contribution in [3.63, 3.8) is 0 Å². The van der Waals surface area contributed by atoms with Crippen LogP contribution in [0.3, 0.4) is 0 Å². The summed E-state index contributed by atoms with van der Waals surface area (Å²) in [6.07, 6.45) is 2.50. The van der Waals surface area contributed by atoms with E-state index in [0.29, 0.717) is 17.9 Å². The van der Waals surface area contributed by atoms with Crippen molar-refractivity contribution in [1.29, 1.82) is 0 Å². The largest absolute Gasteiger partial charge is 0.396 e. The summed E-state index contributed by atoms with van der Waals surface area (Å²) in [5.74, 6) is 1.16. The van der Waals surface area contributed by atoms with Gasteiger partial charge in [-0.1, -0.05) is 0 Å². The Kier molecular flexibility index (Phi) is 5.42. The first-order valence-electron chi connectivity index (χ1n) is 5.55. The molecule has 0 saturated carbocycles. The van der Waals surface area contributed by atoms with E-state index in [4.69, 9.17) is 5.11 Å². The third-order valence-electron chi connectivity index (χ3n) is 2.56. The molecule has 7 nitrogen and oxygen atoms in total. The van der Waals surface area contributed by atoms with Crippen molar-refractivity contribution in [2.75, 3.05) is 23.9 Å². The minimum atomic E-state index is -0.431. The van der Waals surface area contributed by atoms with Gasteiger partial charge in [0.1, 0.15) is 5.69 Å². The molecule has 8 heteroatoms. The number of hydrogen-bond acceptors (Lipinski definition) is 6. The van der Waals surface area contributed by atoms with E-state index in [1.807, 2.05) is 6.26 Å². The number of aliphatic hydroxyl groups is 1. The zero-order valence-corrected chi connectivity index (χ0v) is 11.5. The normalized spacial score (nSPS) is 12.4. The molecule has 0 amide bonds. The first-order valence-corrected chi connectivity index (χ1v) is 6.95. The molecule has 0 radical (unpaired) electrons. The number of anilines is 1. The molecule has 1 rings (SSSR count). The molecule has 0 aliphatic rings. The van der Waals surface area contributed by atoms with Crippen LogP contribution in [0.15, 0.2) is 0 Å². The van der Waals surface area contributed by atoms with Crippen molar-refractivity contribution in [3.8, 4) is 0 Å². The quantitative estimate of drug-likeness (QED) is 0.572. The molecule has 0 spiro atoms. The maximum absolute atomic E-state index is 11.0. The lowest BCUT2D eigenvalue weighted by atomic mass is 10.2. The van der Waals surface area contributed by atoms with E-state index in [2.05, 4.69) is 10.4 Å². The molecule has 0 fully saturated rings. The number of nitro groups is 1. The SMILES string of the molecule is CSC[C@@H](CCO)Nc1c([N+](=O)[O-])c(C)nn1C. The average Bonchev–Trinajstić information content (AvgIpc) is 2.54. The molecule has 0 unspecified atom stereocenters. The van der Waals surface area contributed by atoms with Crippen molar-refractivity contribution in [3.05, 3.63) is 15.8 Å². The topological polar surface area (TPSA) is 93.2 Å². The number of nitrogens with one attached hydrogen (secondary N) is 1. The van der Waals surface area contributed by atoms with Crippen LogP contribution in [0.25, 0.3) is 0 Å². The zero-order chi connectivity index (χ0) is 13.7. The molecule has 1 heterocycles. The molecule has 0 aliphatic heterocycles. The predicted molar refractivity (Wildman–Crippen MR) is 72.1 cm³/mol. The van der Waals surface area contributed by atoms with E-state index in [1.54, 1.807) is 25.7 Å². The maximum atomic E-state index is 11.0. The van der Waals surface area contributed by atoms with Gasteiger partial charge in [0.2, 0.25) is 5.82 Å². The molecule has 0 aliphatic carbocycles. The first-order chi connectivity index (χ1) is 8.51. The lowest BCUT2D eigenvalue weighted by Crippen LogP contribution is -2.25. The second-order valence-corrected chi connectivity index (χ2v) is 4.88. The smallest absolute Gasteiger partial charge is 0.333 e. The molecular formula is C10H18N4O3S. The summed E-state index contributed by atoms with van der Waals surface area (Å²) in [7, 11) is 1.66. The zero-order valence-electron chi connectivity index (χ0n) is 10.7. The highest BCUT2D eigenvalue weighted by molar-refractivity contribution is 7.98. The number of aromatic nitrogens is 2. The monoisotopic (exact) mass is 274 g/mol. The number of nitrogens with zero attached hydrogens (tertiary/aromatic N) is 3. The van der Waals surface area contributed by atoms with Gasteiger partial charge < -0.3 is 10.4 Å². The second kappa shape index (κ2) is 6.60. The Morgan fingerprint density at radius 3 is 2.83 bits per heavy atom. The predicted octanol–water partition coefficient (Wildman–Crippen LogP) is 1.16. The molecule has 0 bridgehead atoms. The van der Waals surface area contributed by atoms with Crippen molar-refractivity contribution >= 4 is 23.3 Å². The van der Waals surface area contributed by atoms with Gasteiger partial charge in [-0.15, -0.1) is 0 Å². The third-order valence-corrected chi connectivity index (χ3v) is 3.30. The second-order valence-electron chi connectivity index (χ2n) is 3.97. The third kappa shape index (κ3) is 3.36. The first kappa shape index (κ1) is 14.8. The molecule has 1 aromatic heterocycles. The Hall–Kier alpha value is -1.28. The van der Waals surface area contributed by atoms with Crippen LogP contribution in [0, 0.1) is 17.0 Å². The molecule has 1 aromatic rings. The van der Waals surface area contributed by atoms with Crippen molar-refractivity contribution < 1.29 is 10.0 Å². The van der Waals surface area contributed by atoms with Crippen molar-refractivity contribution in [2.24, 2.45) is 7.05 Å². The van der Waals surface area contributed by atoms with Crippen LogP contribution < -0.4 is 5.32 Å². The highest BCUT2D eigenvalue weighted by atomic mass is 32.2. The van der Waals surface area contributed by atoms with Crippen LogP contribution in [0.5, 0.6) is 0 Å². The number of hydrogen-bond donors (Lipinski definition) is 2. The minimum Gasteiger partial charge on any atom is -0.396 e.